The molecule has 14 heterocycles. The Hall–Kier alpha value is -10.1. The van der Waals surface area contributed by atoms with Crippen LogP contribution >= 0.6 is 90.7 Å². The molecule has 0 atom stereocenters. The van der Waals surface area contributed by atoms with Crippen molar-refractivity contribution >= 4 is 194 Å². The number of hydrogen-bond acceptors (Lipinski definition) is 12. The lowest BCUT2D eigenvalue weighted by Gasteiger charge is -2.19. The molecule has 742 valence electrons. The summed E-state index contributed by atoms with van der Waals surface area (Å²) < 4.78 is 8.14. The van der Waals surface area contributed by atoms with E-state index in [1.54, 1.807) is 11.3 Å². The molecule has 141 heavy (non-hydrogen) atoms. The highest BCUT2D eigenvalue weighted by Gasteiger charge is 2.25. The second kappa shape index (κ2) is 47.2. The minimum atomic E-state index is 0. The van der Waals surface area contributed by atoms with Gasteiger partial charge < -0.3 is 9.97 Å². The lowest BCUT2D eigenvalue weighted by Crippen LogP contribution is -2.10. The Morgan fingerprint density at radius 3 is 1.16 bits per heavy atom. The molecule has 0 fully saturated rings. The van der Waals surface area contributed by atoms with Crippen molar-refractivity contribution in [2.45, 2.75) is 295 Å². The molecular formula is C127H156N6S8. The highest BCUT2D eigenvalue weighted by molar-refractivity contribution is 7.21. The van der Waals surface area contributed by atoms with E-state index >= 15 is 0 Å². The monoisotopic (exact) mass is 2020 g/mol. The number of fused-ring (bicyclic) bond motifs is 10. The fourth-order valence-corrected chi connectivity index (χ4v) is 23.2. The van der Waals surface area contributed by atoms with Gasteiger partial charge in [0.2, 0.25) is 0 Å². The van der Waals surface area contributed by atoms with E-state index in [1.807, 2.05) is 135 Å². The molecule has 14 heteroatoms. The van der Waals surface area contributed by atoms with Gasteiger partial charge in [-0.25, -0.2) is 4.98 Å². The van der Waals surface area contributed by atoms with Gasteiger partial charge in [-0.2, -0.15) is 0 Å². The molecule has 0 unspecified atom stereocenters. The predicted molar refractivity (Wildman–Crippen MR) is 641 cm³/mol. The Bertz CT molecular complexity index is 6570. The number of thiophene rings is 8. The minimum absolute atomic E-state index is 0. The predicted octanol–water partition coefficient (Wildman–Crippen LogP) is 41.7. The van der Waals surface area contributed by atoms with Crippen LogP contribution in [0, 0.1) is 0 Å². The van der Waals surface area contributed by atoms with Crippen LogP contribution in [0.3, 0.4) is 0 Å². The quantitative estimate of drug-likeness (QED) is 0.158. The summed E-state index contributed by atoms with van der Waals surface area (Å²) in [5, 5.41) is 21.1. The Balaban J connectivity index is 0.000000160. The summed E-state index contributed by atoms with van der Waals surface area (Å²) in [6.45, 7) is 74.1. The zero-order chi connectivity index (χ0) is 102. The Kier molecular flexibility index (Phi) is 37.8. The second-order valence-electron chi connectivity index (χ2n) is 47.4. The first-order valence-corrected chi connectivity index (χ1v) is 55.6. The number of pyridine rings is 4. The number of aromatic amines is 2. The van der Waals surface area contributed by atoms with E-state index in [9.17, 15) is 0 Å². The average molecular weight is 2020 g/mol. The molecule has 2 N–H and O–H groups in total. The Morgan fingerprint density at radius 2 is 0.660 bits per heavy atom. The first-order valence-electron chi connectivity index (χ1n) is 48.8. The van der Waals surface area contributed by atoms with Crippen LogP contribution in [0.25, 0.3) is 103 Å². The van der Waals surface area contributed by atoms with E-state index in [1.165, 1.54) is 156 Å². The van der Waals surface area contributed by atoms with Crippen molar-refractivity contribution in [1.82, 2.24) is 29.9 Å². The van der Waals surface area contributed by atoms with Gasteiger partial charge >= 0.3 is 0 Å². The van der Waals surface area contributed by atoms with Crippen molar-refractivity contribution in [2.24, 2.45) is 0 Å². The van der Waals surface area contributed by atoms with Crippen molar-refractivity contribution in [2.75, 3.05) is 0 Å². The zero-order valence-electron chi connectivity index (χ0n) is 89.5. The van der Waals surface area contributed by atoms with E-state index in [0.717, 1.165) is 4.83 Å². The summed E-state index contributed by atoms with van der Waals surface area (Å²) in [6.07, 6.45) is 15.2. The van der Waals surface area contributed by atoms with Gasteiger partial charge in [0.1, 0.15) is 4.83 Å². The number of para-hydroxylation sites is 1. The average Bonchev–Trinajstić information content (AvgIpc) is 1.78. The molecule has 0 bridgehead atoms. The summed E-state index contributed by atoms with van der Waals surface area (Å²) in [7, 11) is 0. The van der Waals surface area contributed by atoms with Crippen molar-refractivity contribution in [3.05, 3.63) is 366 Å². The van der Waals surface area contributed by atoms with Gasteiger partial charge in [0.25, 0.3) is 0 Å². The topological polar surface area (TPSA) is 83.1 Å². The number of nitrogens with one attached hydrogen (secondary N) is 2. The third-order valence-corrected chi connectivity index (χ3v) is 34.4. The first-order chi connectivity index (χ1) is 65.4. The van der Waals surface area contributed by atoms with Gasteiger partial charge in [-0.15, -0.1) is 90.7 Å². The van der Waals surface area contributed by atoms with E-state index < -0.39 is 0 Å². The van der Waals surface area contributed by atoms with Gasteiger partial charge in [-0.1, -0.05) is 363 Å². The number of H-pyrrole nitrogens is 2. The largest absolute Gasteiger partial charge is 0.361 e. The second-order valence-corrected chi connectivity index (χ2v) is 55.5. The highest BCUT2D eigenvalue weighted by Crippen LogP contribution is 2.42. The molecule has 0 spiro atoms. The van der Waals surface area contributed by atoms with Crippen LogP contribution in [0.5, 0.6) is 0 Å². The highest BCUT2D eigenvalue weighted by atomic mass is 32.1. The molecule has 0 amide bonds. The molecule has 14 aromatic heterocycles. The van der Waals surface area contributed by atoms with E-state index in [-0.39, 0.29) is 61.6 Å². The lowest BCUT2D eigenvalue weighted by molar-refractivity contribution is 0.574. The van der Waals surface area contributed by atoms with E-state index in [4.69, 9.17) is 0 Å². The summed E-state index contributed by atoms with van der Waals surface area (Å²) in [5.41, 5.74) is 12.3. The molecule has 0 radical (unpaired) electrons. The van der Waals surface area contributed by atoms with Gasteiger partial charge in [0.15, 0.2) is 0 Å². The molecule has 21 rings (SSSR count). The SMILES string of the molecule is C.CC(C)(C)c1cc2ccccc2[nH]1.CC(C)(C)c1cc2ccccc2s1.CC(C)(C)c1cc2cccnc2s1.CC(C)(C)c1cc2ccncc2s1.CC(C)(C)c1cc2cnccc2s1.CC(C)(C)c1cc2cnccc2s1.CC(C)(C)c1ccc2[nH]ccc2c1.CC(C)(C)c1ccc2ccccc2c1.CC(C)(C)c1cccc2sccc12.CC(C)(C)c1cccs1.CC(C)(C)c1csc2ccccc12. The maximum Gasteiger partial charge on any atom is 0.123 e. The van der Waals surface area contributed by atoms with Crippen LogP contribution in [0.4, 0.5) is 0 Å². The van der Waals surface area contributed by atoms with Crippen LogP contribution in [0.2, 0.25) is 0 Å². The molecule has 7 aromatic carbocycles. The fourth-order valence-electron chi connectivity index (χ4n) is 14.9. The van der Waals surface area contributed by atoms with Crippen LogP contribution in [-0.2, 0) is 59.6 Å². The first kappa shape index (κ1) is 113. The van der Waals surface area contributed by atoms with Crippen LogP contribution in [-0.4, -0.2) is 29.9 Å². The molecular weight excluding hydrogens is 1870 g/mol. The van der Waals surface area contributed by atoms with Gasteiger partial charge in [0.05, 0.1) is 4.70 Å². The molecule has 0 aliphatic heterocycles. The molecule has 0 aliphatic carbocycles. The Morgan fingerprint density at radius 1 is 0.234 bits per heavy atom. The molecule has 6 nitrogen and oxygen atoms in total. The lowest BCUT2D eigenvalue weighted by atomic mass is 9.85. The molecule has 0 saturated carbocycles. The summed E-state index contributed by atoms with van der Waals surface area (Å²) >= 11 is 14.8. The maximum atomic E-state index is 4.33. The Labute approximate surface area is 877 Å². The summed E-state index contributed by atoms with van der Waals surface area (Å²) in [6, 6.07) is 86.5. The number of rotatable bonds is 0. The maximum absolute atomic E-state index is 4.33. The van der Waals surface area contributed by atoms with Gasteiger partial charge in [-0.3, -0.25) is 15.0 Å². The van der Waals surface area contributed by atoms with Gasteiger partial charge in [0, 0.05) is 141 Å². The smallest absolute Gasteiger partial charge is 0.123 e. The van der Waals surface area contributed by atoms with Crippen molar-refractivity contribution in [3.8, 4) is 0 Å². The fraction of sp³-hybridized carbons (Fsp3) is 0.354. The summed E-state index contributed by atoms with van der Waals surface area (Å²) in [4.78, 5) is 33.1. The zero-order valence-corrected chi connectivity index (χ0v) is 96.0. The molecule has 21 aromatic rings. The minimum Gasteiger partial charge on any atom is -0.361 e. The van der Waals surface area contributed by atoms with Crippen molar-refractivity contribution in [1.29, 1.82) is 0 Å². The number of benzene rings is 7. The van der Waals surface area contributed by atoms with Crippen LogP contribution < -0.4 is 0 Å². The summed E-state index contributed by atoms with van der Waals surface area (Å²) in [5.74, 6) is 0. The third-order valence-electron chi connectivity index (χ3n) is 23.6. The van der Waals surface area contributed by atoms with Gasteiger partial charge in [-0.05, 0) is 251 Å². The number of nitrogens with zero attached hydrogens (tertiary/aromatic N) is 4. The van der Waals surface area contributed by atoms with E-state index in [0.29, 0.717) is 5.41 Å². The molecule has 0 saturated heterocycles. The normalized spacial score (nSPS) is 12.1. The number of aromatic nitrogens is 6. The van der Waals surface area contributed by atoms with Crippen molar-refractivity contribution < 1.29 is 0 Å². The number of hydrogen-bond donors (Lipinski definition) is 2. The van der Waals surface area contributed by atoms with E-state index in [2.05, 4.69) is 511 Å². The third kappa shape index (κ3) is 32.4. The standard InChI is InChI=1S/C14H16.2C12H15N.3C12H14S.4C11H13NS.C8H12S.CH4/c1-14(2,3)13-9-8-11-6-4-5-7-12(11)10-13;1-12(2,3)10-4-5-11-9(8-10)6-7-13-11;1-12(2,3)11-8-9-6-4-5-7-10(9)13-11;1-12(2,3)10-5-4-6-11-9(10)7-8-13-11;1-12(2,3)10-8-13-11-7-5-4-6-9(10)11;1-12(2,3)11-8-9-6-4-5-7-10(9)13-11;2*1-11(2,3)10-6-8-7-12-5-4-9(8)13-10;1-11(2,3)10-6-8-4-5-12-7-9(8)13-10;1-11(2,3)9-7-8-5-4-6-12-10(8)13-9;1-8(2,3)7-5-4-6-9-7;/h4-10H,1-3H3;2*4-8,13H,1-3H3;3*4-8H,1-3H3;4*4-7H,1-3H3;4-6H,1-3H3;1H4. The molecule has 0 aliphatic rings. The van der Waals surface area contributed by atoms with Crippen LogP contribution in [0.1, 0.15) is 293 Å². The van der Waals surface area contributed by atoms with Crippen LogP contribution in [0.15, 0.2) is 308 Å². The van der Waals surface area contributed by atoms with Crippen molar-refractivity contribution in [3.63, 3.8) is 0 Å².